The molecule has 16 heavy (non-hydrogen) atoms. The summed E-state index contributed by atoms with van der Waals surface area (Å²) in [4.78, 5) is 0. The van der Waals surface area contributed by atoms with Crippen molar-refractivity contribution in [2.75, 3.05) is 13.7 Å². The summed E-state index contributed by atoms with van der Waals surface area (Å²) < 4.78 is 5.33. The zero-order chi connectivity index (χ0) is 12.1. The molecule has 0 saturated carbocycles. The number of nitrogens with one attached hydrogen (secondary N) is 1. The molecule has 0 amide bonds. The van der Waals surface area contributed by atoms with E-state index >= 15 is 0 Å². The van der Waals surface area contributed by atoms with Gasteiger partial charge in [0.25, 0.3) is 0 Å². The molecule has 1 aromatic rings. The Kier molecular flexibility index (Phi) is 4.81. The Balaban J connectivity index is 3.08. The fourth-order valence-corrected chi connectivity index (χ4v) is 2.13. The normalized spacial score (nSPS) is 12.6. The molecule has 0 aliphatic rings. The van der Waals surface area contributed by atoms with E-state index in [9.17, 15) is 0 Å². The SMILES string of the molecule is CCNC(CC)c1cc(C)c(OC)cc1C. The van der Waals surface area contributed by atoms with Gasteiger partial charge in [0.05, 0.1) is 7.11 Å². The third kappa shape index (κ3) is 2.76. The highest BCUT2D eigenvalue weighted by Gasteiger charge is 2.12. The molecule has 0 spiro atoms. The largest absolute Gasteiger partial charge is 0.496 e. The van der Waals surface area contributed by atoms with Crippen molar-refractivity contribution in [3.05, 3.63) is 28.8 Å². The van der Waals surface area contributed by atoms with Gasteiger partial charge in [0.1, 0.15) is 5.75 Å². The Bertz CT molecular complexity index is 347. The number of hydrogen-bond acceptors (Lipinski definition) is 2. The highest BCUT2D eigenvalue weighted by atomic mass is 16.5. The molecule has 0 fully saturated rings. The Labute approximate surface area is 99.0 Å². The van der Waals surface area contributed by atoms with Gasteiger partial charge in [-0.05, 0) is 49.6 Å². The zero-order valence-corrected chi connectivity index (χ0v) is 11.1. The average Bonchev–Trinajstić information content (AvgIpc) is 2.28. The molecule has 90 valence electrons. The van der Waals surface area contributed by atoms with Gasteiger partial charge in [0.2, 0.25) is 0 Å². The maximum Gasteiger partial charge on any atom is 0.122 e. The predicted octanol–water partition coefficient (Wildman–Crippen LogP) is 3.37. The van der Waals surface area contributed by atoms with Crippen LogP contribution in [0.3, 0.4) is 0 Å². The van der Waals surface area contributed by atoms with Crippen molar-refractivity contribution in [1.29, 1.82) is 0 Å². The molecule has 0 radical (unpaired) electrons. The summed E-state index contributed by atoms with van der Waals surface area (Å²) >= 11 is 0. The molecule has 2 heteroatoms. The Morgan fingerprint density at radius 2 is 1.88 bits per heavy atom. The molecule has 1 rings (SSSR count). The van der Waals surface area contributed by atoms with Crippen LogP contribution in [0.2, 0.25) is 0 Å². The first-order chi connectivity index (χ1) is 7.63. The van der Waals surface area contributed by atoms with Gasteiger partial charge < -0.3 is 10.1 Å². The van der Waals surface area contributed by atoms with Crippen molar-refractivity contribution < 1.29 is 4.74 Å². The fourth-order valence-electron chi connectivity index (χ4n) is 2.13. The monoisotopic (exact) mass is 221 g/mol. The van der Waals surface area contributed by atoms with Crippen molar-refractivity contribution in [3.8, 4) is 5.75 Å². The molecular formula is C14H23NO. The van der Waals surface area contributed by atoms with E-state index in [0.717, 1.165) is 18.7 Å². The summed E-state index contributed by atoms with van der Waals surface area (Å²) in [6.45, 7) is 9.61. The standard InChI is InChI=1S/C14H23NO/c1-6-13(15-7-2)12-8-11(4)14(16-5)9-10(12)3/h8-9,13,15H,6-7H2,1-5H3. The van der Waals surface area contributed by atoms with Gasteiger partial charge in [-0.1, -0.05) is 19.9 Å². The lowest BCUT2D eigenvalue weighted by atomic mass is 9.96. The van der Waals surface area contributed by atoms with Gasteiger partial charge in [-0.3, -0.25) is 0 Å². The van der Waals surface area contributed by atoms with E-state index < -0.39 is 0 Å². The van der Waals surface area contributed by atoms with Crippen LogP contribution in [0, 0.1) is 13.8 Å². The lowest BCUT2D eigenvalue weighted by Gasteiger charge is -2.20. The second-order valence-corrected chi connectivity index (χ2v) is 4.20. The third-order valence-electron chi connectivity index (χ3n) is 3.02. The molecule has 1 unspecified atom stereocenters. The average molecular weight is 221 g/mol. The van der Waals surface area contributed by atoms with Crippen LogP contribution in [-0.4, -0.2) is 13.7 Å². The molecule has 0 aliphatic heterocycles. The summed E-state index contributed by atoms with van der Waals surface area (Å²) in [5.41, 5.74) is 3.90. The van der Waals surface area contributed by atoms with Crippen LogP contribution in [-0.2, 0) is 0 Å². The van der Waals surface area contributed by atoms with E-state index in [0.29, 0.717) is 6.04 Å². The highest BCUT2D eigenvalue weighted by molar-refractivity contribution is 5.42. The number of ether oxygens (including phenoxy) is 1. The van der Waals surface area contributed by atoms with Crippen LogP contribution in [0.25, 0.3) is 0 Å². The summed E-state index contributed by atoms with van der Waals surface area (Å²) in [6, 6.07) is 4.82. The number of aryl methyl sites for hydroxylation is 2. The lowest BCUT2D eigenvalue weighted by molar-refractivity contribution is 0.410. The summed E-state index contributed by atoms with van der Waals surface area (Å²) in [6.07, 6.45) is 1.11. The minimum absolute atomic E-state index is 0.453. The van der Waals surface area contributed by atoms with Crippen LogP contribution in [0.15, 0.2) is 12.1 Å². The first-order valence-corrected chi connectivity index (χ1v) is 6.02. The van der Waals surface area contributed by atoms with Gasteiger partial charge in [0, 0.05) is 6.04 Å². The van der Waals surface area contributed by atoms with Crippen molar-refractivity contribution >= 4 is 0 Å². The van der Waals surface area contributed by atoms with Crippen LogP contribution < -0.4 is 10.1 Å². The smallest absolute Gasteiger partial charge is 0.122 e. The molecule has 0 aromatic heterocycles. The maximum atomic E-state index is 5.33. The van der Waals surface area contributed by atoms with Crippen molar-refractivity contribution in [3.63, 3.8) is 0 Å². The Hall–Kier alpha value is -1.02. The lowest BCUT2D eigenvalue weighted by Crippen LogP contribution is -2.21. The van der Waals surface area contributed by atoms with Crippen LogP contribution in [0.1, 0.15) is 43.0 Å². The quantitative estimate of drug-likeness (QED) is 0.823. The number of rotatable bonds is 5. The second-order valence-electron chi connectivity index (χ2n) is 4.20. The summed E-state index contributed by atoms with van der Waals surface area (Å²) in [5.74, 6) is 0.979. The van der Waals surface area contributed by atoms with Crippen molar-refractivity contribution in [2.24, 2.45) is 0 Å². The molecule has 0 heterocycles. The summed E-state index contributed by atoms with van der Waals surface area (Å²) in [5, 5.41) is 3.51. The van der Waals surface area contributed by atoms with Crippen LogP contribution >= 0.6 is 0 Å². The molecule has 0 bridgehead atoms. The van der Waals surface area contributed by atoms with Gasteiger partial charge in [-0.2, -0.15) is 0 Å². The summed E-state index contributed by atoms with van der Waals surface area (Å²) in [7, 11) is 1.73. The van der Waals surface area contributed by atoms with E-state index in [1.165, 1.54) is 16.7 Å². The third-order valence-corrected chi connectivity index (χ3v) is 3.02. The maximum absolute atomic E-state index is 5.33. The Morgan fingerprint density at radius 3 is 2.38 bits per heavy atom. The van der Waals surface area contributed by atoms with Gasteiger partial charge in [-0.15, -0.1) is 0 Å². The number of hydrogen-bond donors (Lipinski definition) is 1. The van der Waals surface area contributed by atoms with E-state index in [1.807, 2.05) is 0 Å². The molecular weight excluding hydrogens is 198 g/mol. The van der Waals surface area contributed by atoms with E-state index in [2.05, 4.69) is 45.1 Å². The fraction of sp³-hybridized carbons (Fsp3) is 0.571. The topological polar surface area (TPSA) is 21.3 Å². The van der Waals surface area contributed by atoms with E-state index in [4.69, 9.17) is 4.74 Å². The Morgan fingerprint density at radius 1 is 1.19 bits per heavy atom. The van der Waals surface area contributed by atoms with Gasteiger partial charge in [0.15, 0.2) is 0 Å². The van der Waals surface area contributed by atoms with E-state index in [-0.39, 0.29) is 0 Å². The molecule has 1 N–H and O–H groups in total. The zero-order valence-electron chi connectivity index (χ0n) is 11.1. The minimum Gasteiger partial charge on any atom is -0.496 e. The van der Waals surface area contributed by atoms with Crippen LogP contribution in [0.5, 0.6) is 5.75 Å². The first-order valence-electron chi connectivity index (χ1n) is 6.02. The van der Waals surface area contributed by atoms with Gasteiger partial charge >= 0.3 is 0 Å². The minimum atomic E-state index is 0.453. The molecule has 1 aromatic carbocycles. The van der Waals surface area contributed by atoms with Crippen molar-refractivity contribution in [2.45, 2.75) is 40.2 Å². The molecule has 0 aliphatic carbocycles. The molecule has 2 nitrogen and oxygen atoms in total. The van der Waals surface area contributed by atoms with Crippen LogP contribution in [0.4, 0.5) is 0 Å². The second kappa shape index (κ2) is 5.90. The van der Waals surface area contributed by atoms with E-state index in [1.54, 1.807) is 7.11 Å². The first kappa shape index (κ1) is 13.0. The number of methoxy groups -OCH3 is 1. The highest BCUT2D eigenvalue weighted by Crippen LogP contribution is 2.27. The number of benzene rings is 1. The molecule has 1 atom stereocenters. The predicted molar refractivity (Wildman–Crippen MR) is 69.2 cm³/mol. The van der Waals surface area contributed by atoms with Crippen molar-refractivity contribution in [1.82, 2.24) is 5.32 Å². The van der Waals surface area contributed by atoms with Gasteiger partial charge in [-0.25, -0.2) is 0 Å². The molecule has 0 saturated heterocycles.